The summed E-state index contributed by atoms with van der Waals surface area (Å²) in [4.78, 5) is 4.02. The summed E-state index contributed by atoms with van der Waals surface area (Å²) in [7, 11) is 1.81. The summed E-state index contributed by atoms with van der Waals surface area (Å²) in [6.45, 7) is 0. The van der Waals surface area contributed by atoms with E-state index >= 15 is 0 Å². The van der Waals surface area contributed by atoms with Crippen LogP contribution in [0.1, 0.15) is 24.5 Å². The summed E-state index contributed by atoms with van der Waals surface area (Å²) in [5.41, 5.74) is 1.80. The van der Waals surface area contributed by atoms with Crippen molar-refractivity contribution >= 4 is 5.69 Å². The Bertz CT molecular complexity index is 430. The third kappa shape index (κ3) is 2.54. The second-order valence-corrected chi connectivity index (χ2v) is 4.08. The second kappa shape index (κ2) is 5.13. The Morgan fingerprint density at radius 2 is 2.41 bits per heavy atom. The molecule has 0 aliphatic carbocycles. The van der Waals surface area contributed by atoms with Crippen molar-refractivity contribution in [2.45, 2.75) is 31.2 Å². The van der Waals surface area contributed by atoms with E-state index in [1.54, 1.807) is 12.4 Å². The van der Waals surface area contributed by atoms with E-state index in [0.717, 1.165) is 11.3 Å². The van der Waals surface area contributed by atoms with E-state index in [2.05, 4.69) is 16.4 Å². The summed E-state index contributed by atoms with van der Waals surface area (Å²) < 4.78 is 5.65. The zero-order chi connectivity index (χ0) is 12.3. The molecule has 1 aliphatic heterocycles. The molecule has 2 unspecified atom stereocenters. The first kappa shape index (κ1) is 11.8. The van der Waals surface area contributed by atoms with Crippen LogP contribution in [0.25, 0.3) is 0 Å². The summed E-state index contributed by atoms with van der Waals surface area (Å²) in [6, 6.07) is 3.90. The summed E-state index contributed by atoms with van der Waals surface area (Å²) in [5.74, 6) is 0. The molecular formula is C12H15N3O2. The SMILES string of the molecule is CNc1cnccc1C1CC(O)C[C@@H](C#N)O1. The normalized spacial score (nSPS) is 28.4. The van der Waals surface area contributed by atoms with E-state index in [1.807, 2.05) is 13.1 Å². The van der Waals surface area contributed by atoms with Crippen LogP contribution in [0.5, 0.6) is 0 Å². The van der Waals surface area contributed by atoms with Crippen molar-refractivity contribution in [3.8, 4) is 6.07 Å². The maximum atomic E-state index is 9.74. The van der Waals surface area contributed by atoms with Gasteiger partial charge in [0.15, 0.2) is 0 Å². The molecule has 2 rings (SSSR count). The lowest BCUT2D eigenvalue weighted by Crippen LogP contribution is -2.30. The van der Waals surface area contributed by atoms with Crippen molar-refractivity contribution in [3.63, 3.8) is 0 Å². The highest BCUT2D eigenvalue weighted by molar-refractivity contribution is 5.49. The number of nitriles is 1. The minimum Gasteiger partial charge on any atom is -0.393 e. The highest BCUT2D eigenvalue weighted by atomic mass is 16.5. The number of aliphatic hydroxyl groups is 1. The fourth-order valence-corrected chi connectivity index (χ4v) is 2.08. The van der Waals surface area contributed by atoms with Gasteiger partial charge in [0.25, 0.3) is 0 Å². The van der Waals surface area contributed by atoms with Gasteiger partial charge >= 0.3 is 0 Å². The highest BCUT2D eigenvalue weighted by Crippen LogP contribution is 2.34. The third-order valence-corrected chi connectivity index (χ3v) is 2.92. The molecule has 0 aromatic carbocycles. The summed E-state index contributed by atoms with van der Waals surface area (Å²) in [5, 5.41) is 21.7. The Balaban J connectivity index is 2.24. The van der Waals surface area contributed by atoms with Crippen LogP contribution in [0, 0.1) is 11.3 Å². The van der Waals surface area contributed by atoms with Gasteiger partial charge in [0.05, 0.1) is 30.2 Å². The Morgan fingerprint density at radius 3 is 3.12 bits per heavy atom. The topological polar surface area (TPSA) is 78.2 Å². The number of aromatic nitrogens is 1. The fourth-order valence-electron chi connectivity index (χ4n) is 2.08. The van der Waals surface area contributed by atoms with Gasteiger partial charge in [-0.15, -0.1) is 0 Å². The van der Waals surface area contributed by atoms with Gasteiger partial charge < -0.3 is 15.2 Å². The van der Waals surface area contributed by atoms with Gasteiger partial charge in [-0.1, -0.05) is 0 Å². The fraction of sp³-hybridized carbons (Fsp3) is 0.500. The van der Waals surface area contributed by atoms with Gasteiger partial charge in [0.1, 0.15) is 6.10 Å². The predicted molar refractivity (Wildman–Crippen MR) is 62.3 cm³/mol. The molecule has 1 aromatic heterocycles. The molecular weight excluding hydrogens is 218 g/mol. The smallest absolute Gasteiger partial charge is 0.147 e. The number of pyridine rings is 1. The average Bonchev–Trinajstić information content (AvgIpc) is 2.37. The average molecular weight is 233 g/mol. The molecule has 0 amide bonds. The van der Waals surface area contributed by atoms with Crippen LogP contribution in [-0.2, 0) is 4.74 Å². The summed E-state index contributed by atoms with van der Waals surface area (Å²) in [6.07, 6.45) is 3.00. The summed E-state index contributed by atoms with van der Waals surface area (Å²) >= 11 is 0. The van der Waals surface area contributed by atoms with Crippen LogP contribution in [0.3, 0.4) is 0 Å². The van der Waals surface area contributed by atoms with Crippen molar-refractivity contribution in [1.82, 2.24) is 4.98 Å². The number of nitrogens with zero attached hydrogens (tertiary/aromatic N) is 2. The van der Waals surface area contributed by atoms with Gasteiger partial charge in [-0.05, 0) is 6.07 Å². The lowest BCUT2D eigenvalue weighted by molar-refractivity contribution is -0.0744. The van der Waals surface area contributed by atoms with Gasteiger partial charge in [-0.25, -0.2) is 0 Å². The number of hydrogen-bond donors (Lipinski definition) is 2. The maximum Gasteiger partial charge on any atom is 0.147 e. The van der Waals surface area contributed by atoms with E-state index in [4.69, 9.17) is 10.00 Å². The van der Waals surface area contributed by atoms with Crippen molar-refractivity contribution in [3.05, 3.63) is 24.0 Å². The number of hydrogen-bond acceptors (Lipinski definition) is 5. The first-order valence-corrected chi connectivity index (χ1v) is 5.59. The molecule has 1 aliphatic rings. The molecule has 2 N–H and O–H groups in total. The molecule has 90 valence electrons. The number of rotatable bonds is 2. The molecule has 0 radical (unpaired) electrons. The van der Waals surface area contributed by atoms with E-state index in [1.165, 1.54) is 0 Å². The van der Waals surface area contributed by atoms with Crippen molar-refractivity contribution in [2.24, 2.45) is 0 Å². The highest BCUT2D eigenvalue weighted by Gasteiger charge is 2.30. The molecule has 2 heterocycles. The van der Waals surface area contributed by atoms with Crippen LogP contribution in [-0.4, -0.2) is 29.3 Å². The molecule has 0 spiro atoms. The number of nitrogens with one attached hydrogen (secondary N) is 1. The predicted octanol–water partition coefficient (Wildman–Crippen LogP) is 1.23. The van der Waals surface area contributed by atoms with Crippen LogP contribution in [0.2, 0.25) is 0 Å². The Labute approximate surface area is 100 Å². The lowest BCUT2D eigenvalue weighted by atomic mass is 9.96. The standard InChI is InChI=1S/C12H15N3O2/c1-14-11-7-15-3-2-10(11)12-5-8(16)4-9(6-13)17-12/h2-3,7-9,12,14,16H,4-5H2,1H3/t8?,9-,12?/m0/s1. The molecule has 0 saturated carbocycles. The van der Waals surface area contributed by atoms with E-state index in [0.29, 0.717) is 12.8 Å². The lowest BCUT2D eigenvalue weighted by Gasteiger charge is -2.30. The van der Waals surface area contributed by atoms with E-state index in [-0.39, 0.29) is 6.10 Å². The second-order valence-electron chi connectivity index (χ2n) is 4.08. The van der Waals surface area contributed by atoms with E-state index < -0.39 is 12.2 Å². The monoisotopic (exact) mass is 233 g/mol. The molecule has 17 heavy (non-hydrogen) atoms. The Kier molecular flexibility index (Phi) is 3.57. The Hall–Kier alpha value is -1.64. The quantitative estimate of drug-likeness (QED) is 0.803. The van der Waals surface area contributed by atoms with Gasteiger partial charge in [-0.2, -0.15) is 5.26 Å². The third-order valence-electron chi connectivity index (χ3n) is 2.92. The van der Waals surface area contributed by atoms with Crippen molar-refractivity contribution in [2.75, 3.05) is 12.4 Å². The van der Waals surface area contributed by atoms with Crippen LogP contribution in [0.15, 0.2) is 18.5 Å². The molecule has 1 aromatic rings. The zero-order valence-electron chi connectivity index (χ0n) is 9.63. The van der Waals surface area contributed by atoms with Crippen LogP contribution >= 0.6 is 0 Å². The Morgan fingerprint density at radius 1 is 1.59 bits per heavy atom. The first-order chi connectivity index (χ1) is 8.24. The van der Waals surface area contributed by atoms with Crippen molar-refractivity contribution in [1.29, 1.82) is 5.26 Å². The van der Waals surface area contributed by atoms with E-state index in [9.17, 15) is 5.11 Å². The number of anilines is 1. The van der Waals surface area contributed by atoms with Gasteiger partial charge in [-0.3, -0.25) is 4.98 Å². The van der Waals surface area contributed by atoms with Crippen LogP contribution < -0.4 is 5.32 Å². The minimum absolute atomic E-state index is 0.256. The van der Waals surface area contributed by atoms with Gasteiger partial charge in [0.2, 0.25) is 0 Å². The molecule has 1 fully saturated rings. The molecule has 3 atom stereocenters. The molecule has 0 bridgehead atoms. The largest absolute Gasteiger partial charge is 0.393 e. The molecule has 5 heteroatoms. The number of aliphatic hydroxyl groups excluding tert-OH is 1. The van der Waals surface area contributed by atoms with Crippen LogP contribution in [0.4, 0.5) is 5.69 Å². The molecule has 5 nitrogen and oxygen atoms in total. The van der Waals surface area contributed by atoms with Gasteiger partial charge in [0, 0.05) is 31.6 Å². The maximum absolute atomic E-state index is 9.74. The zero-order valence-corrected chi connectivity index (χ0v) is 9.63. The van der Waals surface area contributed by atoms with Crippen molar-refractivity contribution < 1.29 is 9.84 Å². The first-order valence-electron chi connectivity index (χ1n) is 5.59. The number of ether oxygens (including phenoxy) is 1. The minimum atomic E-state index is -0.540. The molecule has 1 saturated heterocycles.